The van der Waals surface area contributed by atoms with Crippen LogP contribution in [0.25, 0.3) is 22.5 Å². The number of benzene rings is 2. The molecule has 3 aromatic heterocycles. The molecule has 5 rings (SSSR count). The number of hydrogen-bond acceptors (Lipinski definition) is 6. The number of aromatic nitrogens is 5. The van der Waals surface area contributed by atoms with Gasteiger partial charge in [0.2, 0.25) is 5.91 Å². The maximum atomic E-state index is 13.7. The summed E-state index contributed by atoms with van der Waals surface area (Å²) in [5.74, 6) is -0.149. The number of hydrogen-bond donors (Lipinski definition) is 2. The summed E-state index contributed by atoms with van der Waals surface area (Å²) in [7, 11) is 1.85. The predicted octanol–water partition coefficient (Wildman–Crippen LogP) is 5.23. The molecule has 5 aromatic rings. The van der Waals surface area contributed by atoms with Crippen molar-refractivity contribution >= 4 is 29.1 Å². The van der Waals surface area contributed by atoms with Gasteiger partial charge in [0.05, 0.1) is 5.56 Å². The number of halogens is 1. The van der Waals surface area contributed by atoms with Crippen molar-refractivity contribution in [1.82, 2.24) is 29.6 Å². The van der Waals surface area contributed by atoms with Gasteiger partial charge >= 0.3 is 0 Å². The lowest BCUT2D eigenvalue weighted by Crippen LogP contribution is -2.45. The van der Waals surface area contributed by atoms with Gasteiger partial charge in [-0.05, 0) is 92.1 Å². The van der Waals surface area contributed by atoms with Gasteiger partial charge < -0.3 is 19.8 Å². The minimum Gasteiger partial charge on any atom is -0.340 e. The van der Waals surface area contributed by atoms with Gasteiger partial charge in [-0.3, -0.25) is 19.4 Å². The van der Waals surface area contributed by atoms with Crippen molar-refractivity contribution in [3.05, 3.63) is 118 Å². The molecule has 3 heterocycles. The van der Waals surface area contributed by atoms with Gasteiger partial charge in [0.1, 0.15) is 12.4 Å². The molecule has 0 saturated carbocycles. The fourth-order valence-corrected chi connectivity index (χ4v) is 5.05. The van der Waals surface area contributed by atoms with E-state index in [2.05, 4.69) is 25.8 Å². The molecule has 0 aliphatic carbocycles. The van der Waals surface area contributed by atoms with Gasteiger partial charge in [-0.1, -0.05) is 17.7 Å². The first-order valence-corrected chi connectivity index (χ1v) is 14.5. The van der Waals surface area contributed by atoms with E-state index >= 15 is 0 Å². The third-order valence-electron chi connectivity index (χ3n) is 7.29. The Bertz CT molecular complexity index is 1880. The number of anilines is 1. The van der Waals surface area contributed by atoms with Crippen LogP contribution in [0.5, 0.6) is 0 Å². The Morgan fingerprint density at radius 1 is 0.977 bits per heavy atom. The van der Waals surface area contributed by atoms with Crippen LogP contribution < -0.4 is 16.2 Å². The van der Waals surface area contributed by atoms with Crippen LogP contribution in [0.3, 0.4) is 0 Å². The number of carbonyl (C=O) groups excluding carboxylic acids is 2. The number of pyridine rings is 2. The van der Waals surface area contributed by atoms with Crippen molar-refractivity contribution in [3.63, 3.8) is 0 Å². The molecular formula is C33H32ClN7O3. The Labute approximate surface area is 259 Å². The second-order valence-electron chi connectivity index (χ2n) is 10.8. The van der Waals surface area contributed by atoms with E-state index in [4.69, 9.17) is 11.6 Å². The molecule has 2 aromatic carbocycles. The number of rotatable bonds is 9. The third kappa shape index (κ3) is 6.76. The first kappa shape index (κ1) is 30.4. The van der Waals surface area contributed by atoms with Crippen LogP contribution in [0.4, 0.5) is 5.69 Å². The third-order valence-corrected chi connectivity index (χ3v) is 7.66. The molecule has 2 N–H and O–H groups in total. The van der Waals surface area contributed by atoms with E-state index in [0.29, 0.717) is 33.4 Å². The van der Waals surface area contributed by atoms with Crippen LogP contribution in [-0.4, -0.2) is 42.2 Å². The molecule has 1 atom stereocenters. The molecule has 0 radical (unpaired) electrons. The second-order valence-corrected chi connectivity index (χ2v) is 11.2. The smallest absolute Gasteiger partial charge is 0.253 e. The normalized spacial score (nSPS) is 11.8. The lowest BCUT2D eigenvalue weighted by molar-refractivity contribution is -0.118. The minimum absolute atomic E-state index is 0.0112. The maximum absolute atomic E-state index is 13.7. The highest BCUT2D eigenvalue weighted by atomic mass is 35.5. The summed E-state index contributed by atoms with van der Waals surface area (Å²) in [4.78, 5) is 43.6. The van der Waals surface area contributed by atoms with E-state index in [9.17, 15) is 14.4 Å². The van der Waals surface area contributed by atoms with Gasteiger partial charge in [0, 0.05) is 59.9 Å². The quantitative estimate of drug-likeness (QED) is 0.236. The number of carbonyl (C=O) groups is 2. The van der Waals surface area contributed by atoms with Crippen LogP contribution in [0.1, 0.15) is 41.5 Å². The van der Waals surface area contributed by atoms with E-state index in [1.54, 1.807) is 65.0 Å². The first-order valence-electron chi connectivity index (χ1n) is 14.1. The highest BCUT2D eigenvalue weighted by Gasteiger charge is 2.24. The van der Waals surface area contributed by atoms with Crippen molar-refractivity contribution in [2.24, 2.45) is 7.05 Å². The molecule has 0 bridgehead atoms. The van der Waals surface area contributed by atoms with Crippen molar-refractivity contribution < 1.29 is 9.59 Å². The lowest BCUT2D eigenvalue weighted by Gasteiger charge is -2.20. The average Bonchev–Trinajstić information content (AvgIpc) is 3.44. The van der Waals surface area contributed by atoms with Gasteiger partial charge in [-0.15, -0.1) is 10.2 Å². The standard InChI is InChI=1S/C33H32ClN7O3/c1-20(2)41-18-24(10-14-30(41)42)23-9-13-28(34)25(16-23)17-29(38-32(43)27-6-5-15-35-21(27)3)33(44)37-26-11-7-22(8-12-26)31-39-36-19-40(31)4/h5-16,18-20,29H,17H2,1-4H3,(H,37,44)(H,38,43). The Morgan fingerprint density at radius 2 is 1.70 bits per heavy atom. The molecule has 0 fully saturated rings. The van der Waals surface area contributed by atoms with Gasteiger partial charge in [0.25, 0.3) is 11.5 Å². The van der Waals surface area contributed by atoms with Crippen molar-refractivity contribution in [2.75, 3.05) is 5.32 Å². The summed E-state index contributed by atoms with van der Waals surface area (Å²) in [6, 6.07) is 18.3. The number of nitrogens with one attached hydrogen (secondary N) is 2. The largest absolute Gasteiger partial charge is 0.340 e. The molecule has 0 aliphatic heterocycles. The molecule has 224 valence electrons. The van der Waals surface area contributed by atoms with Crippen molar-refractivity contribution in [1.29, 1.82) is 0 Å². The van der Waals surface area contributed by atoms with E-state index in [1.165, 1.54) is 6.07 Å². The monoisotopic (exact) mass is 609 g/mol. The van der Waals surface area contributed by atoms with E-state index < -0.39 is 17.9 Å². The molecule has 0 aliphatic rings. The first-order chi connectivity index (χ1) is 21.1. The molecule has 2 amide bonds. The van der Waals surface area contributed by atoms with Gasteiger partial charge in [0.15, 0.2) is 5.82 Å². The Hall–Kier alpha value is -5.09. The number of nitrogens with zero attached hydrogens (tertiary/aromatic N) is 5. The van der Waals surface area contributed by atoms with Crippen molar-refractivity contribution in [3.8, 4) is 22.5 Å². The van der Waals surface area contributed by atoms with E-state index in [0.717, 1.165) is 16.7 Å². The van der Waals surface area contributed by atoms with Gasteiger partial charge in [-0.2, -0.15) is 0 Å². The minimum atomic E-state index is -0.974. The molecule has 1 unspecified atom stereocenters. The fraction of sp³-hybridized carbons (Fsp3) is 0.212. The predicted molar refractivity (Wildman–Crippen MR) is 171 cm³/mol. The molecule has 0 saturated heterocycles. The summed E-state index contributed by atoms with van der Waals surface area (Å²) < 4.78 is 3.46. The topological polar surface area (TPSA) is 124 Å². The van der Waals surface area contributed by atoms with Gasteiger partial charge in [-0.25, -0.2) is 0 Å². The summed E-state index contributed by atoms with van der Waals surface area (Å²) in [6.07, 6.45) is 5.14. The maximum Gasteiger partial charge on any atom is 0.253 e. The Kier molecular flexibility index (Phi) is 9.01. The van der Waals surface area contributed by atoms with Crippen molar-refractivity contribution in [2.45, 2.75) is 39.3 Å². The SMILES string of the molecule is Cc1ncccc1C(=O)NC(Cc1cc(-c2ccc(=O)n(C(C)C)c2)ccc1Cl)C(=O)Nc1ccc(-c2nncn2C)cc1. The van der Waals surface area contributed by atoms with E-state index in [-0.39, 0.29) is 18.0 Å². The Balaban J connectivity index is 1.44. The zero-order valence-corrected chi connectivity index (χ0v) is 25.5. The molecular weight excluding hydrogens is 578 g/mol. The van der Waals surface area contributed by atoms with Crippen LogP contribution in [0.2, 0.25) is 5.02 Å². The van der Waals surface area contributed by atoms with Crippen LogP contribution in [0.15, 0.2) is 90.2 Å². The van der Waals surface area contributed by atoms with Crippen LogP contribution in [-0.2, 0) is 18.3 Å². The highest BCUT2D eigenvalue weighted by molar-refractivity contribution is 6.31. The molecule has 11 heteroatoms. The fourth-order valence-electron chi connectivity index (χ4n) is 4.85. The zero-order chi connectivity index (χ0) is 31.4. The second kappa shape index (κ2) is 13.0. The highest BCUT2D eigenvalue weighted by Crippen LogP contribution is 2.27. The summed E-state index contributed by atoms with van der Waals surface area (Å²) in [6.45, 7) is 5.62. The summed E-state index contributed by atoms with van der Waals surface area (Å²) in [5, 5.41) is 14.3. The molecule has 44 heavy (non-hydrogen) atoms. The number of amides is 2. The zero-order valence-electron chi connectivity index (χ0n) is 24.8. The Morgan fingerprint density at radius 3 is 2.39 bits per heavy atom. The summed E-state index contributed by atoms with van der Waals surface area (Å²) >= 11 is 6.63. The van der Waals surface area contributed by atoms with Crippen LogP contribution >= 0.6 is 11.6 Å². The van der Waals surface area contributed by atoms with E-state index in [1.807, 2.05) is 51.4 Å². The number of aryl methyl sites for hydroxylation is 2. The summed E-state index contributed by atoms with van der Waals surface area (Å²) in [5.41, 5.74) is 4.53. The van der Waals surface area contributed by atoms with Crippen LogP contribution in [0, 0.1) is 6.92 Å². The molecule has 0 spiro atoms. The lowest BCUT2D eigenvalue weighted by atomic mass is 9.99. The average molecular weight is 610 g/mol. The molecule has 10 nitrogen and oxygen atoms in total.